The minimum Gasteiger partial charge on any atom is -0.491 e. The summed E-state index contributed by atoms with van der Waals surface area (Å²) in [6.07, 6.45) is 2.25. The van der Waals surface area contributed by atoms with Crippen molar-refractivity contribution in [3.05, 3.63) is 28.2 Å². The largest absolute Gasteiger partial charge is 0.491 e. The molecule has 6 heteroatoms. The smallest absolute Gasteiger partial charge is 0.160 e. The summed E-state index contributed by atoms with van der Waals surface area (Å²) in [6.45, 7) is 5.12. The van der Waals surface area contributed by atoms with E-state index < -0.39 is 0 Å². The van der Waals surface area contributed by atoms with Crippen LogP contribution < -0.4 is 4.74 Å². The molecular weight excluding hydrogens is 325 g/mol. The second-order valence-corrected chi connectivity index (χ2v) is 6.56. The van der Waals surface area contributed by atoms with Crippen LogP contribution >= 0.6 is 23.2 Å². The Bertz CT molecular complexity index is 486. The Morgan fingerprint density at radius 3 is 2.55 bits per heavy atom. The van der Waals surface area contributed by atoms with Gasteiger partial charge in [-0.1, -0.05) is 23.2 Å². The fraction of sp³-hybridized carbons (Fsp3) is 0.625. The van der Waals surface area contributed by atoms with Gasteiger partial charge in [0.1, 0.15) is 12.4 Å². The fourth-order valence-corrected chi connectivity index (χ4v) is 3.44. The molecule has 0 atom stereocenters. The number of hydrogen-bond acceptors (Lipinski definition) is 4. The van der Waals surface area contributed by atoms with Gasteiger partial charge in [-0.05, 0) is 44.1 Å². The van der Waals surface area contributed by atoms with E-state index >= 15 is 0 Å². The molecule has 22 heavy (non-hydrogen) atoms. The molecule has 0 N–H and O–H groups in total. The zero-order chi connectivity index (χ0) is 15.4. The van der Waals surface area contributed by atoms with Gasteiger partial charge in [-0.2, -0.15) is 0 Å². The summed E-state index contributed by atoms with van der Waals surface area (Å²) in [5.41, 5.74) is 0. The topological polar surface area (TPSA) is 30.9 Å². The van der Waals surface area contributed by atoms with Gasteiger partial charge in [-0.25, -0.2) is 0 Å². The average Bonchev–Trinajstić information content (AvgIpc) is 3.04. The Hall–Kier alpha value is -0.520. The normalized spacial score (nSPS) is 21.4. The zero-order valence-electron chi connectivity index (χ0n) is 12.5. The summed E-state index contributed by atoms with van der Waals surface area (Å²) in [6, 6.07) is 5.30. The Morgan fingerprint density at radius 1 is 1.14 bits per heavy atom. The van der Waals surface area contributed by atoms with Crippen LogP contribution in [0.15, 0.2) is 18.2 Å². The summed E-state index contributed by atoms with van der Waals surface area (Å²) in [5.74, 6) is 1.22. The van der Waals surface area contributed by atoms with Crippen LogP contribution in [0.5, 0.6) is 5.75 Å². The maximum absolute atomic E-state index is 6.09. The van der Waals surface area contributed by atoms with Gasteiger partial charge in [0.2, 0.25) is 0 Å². The van der Waals surface area contributed by atoms with Crippen molar-refractivity contribution in [3.63, 3.8) is 0 Å². The molecule has 2 aliphatic rings. The first-order chi connectivity index (χ1) is 10.7. The second-order valence-electron chi connectivity index (χ2n) is 5.71. The van der Waals surface area contributed by atoms with Crippen LogP contribution in [0.2, 0.25) is 10.0 Å². The van der Waals surface area contributed by atoms with Gasteiger partial charge in [0, 0.05) is 17.5 Å². The van der Waals surface area contributed by atoms with E-state index in [2.05, 4.69) is 4.90 Å². The van der Waals surface area contributed by atoms with Crippen molar-refractivity contribution in [2.24, 2.45) is 5.92 Å². The molecule has 2 saturated heterocycles. The maximum atomic E-state index is 6.09. The molecular formula is C16H21Cl2NO3. The van der Waals surface area contributed by atoms with Gasteiger partial charge < -0.3 is 14.2 Å². The molecule has 1 aromatic carbocycles. The van der Waals surface area contributed by atoms with E-state index in [4.69, 9.17) is 37.4 Å². The van der Waals surface area contributed by atoms with Crippen molar-refractivity contribution in [1.29, 1.82) is 0 Å². The van der Waals surface area contributed by atoms with Crippen LogP contribution in [-0.2, 0) is 9.47 Å². The Balaban J connectivity index is 1.38. The first kappa shape index (κ1) is 16.3. The van der Waals surface area contributed by atoms with Crippen molar-refractivity contribution in [2.75, 3.05) is 39.5 Å². The second kappa shape index (κ2) is 7.84. The molecule has 122 valence electrons. The first-order valence-corrected chi connectivity index (χ1v) is 8.51. The highest BCUT2D eigenvalue weighted by molar-refractivity contribution is 6.35. The lowest BCUT2D eigenvalue weighted by atomic mass is 9.96. The standard InChI is InChI=1S/C16H21Cl2NO3/c17-13-1-2-15(14(18)11-13)20-8-7-19-5-3-12(4-6-19)16-21-9-10-22-16/h1-2,11-12,16H,3-10H2. The van der Waals surface area contributed by atoms with Crippen molar-refractivity contribution < 1.29 is 14.2 Å². The molecule has 1 aromatic rings. The van der Waals surface area contributed by atoms with E-state index in [1.165, 1.54) is 0 Å². The maximum Gasteiger partial charge on any atom is 0.160 e. The molecule has 0 spiro atoms. The van der Waals surface area contributed by atoms with Crippen LogP contribution in [0.3, 0.4) is 0 Å². The monoisotopic (exact) mass is 345 g/mol. The van der Waals surface area contributed by atoms with Crippen LogP contribution in [0.1, 0.15) is 12.8 Å². The van der Waals surface area contributed by atoms with Gasteiger partial charge in [-0.3, -0.25) is 4.90 Å². The SMILES string of the molecule is Clc1ccc(OCCN2CCC(C3OCCO3)CC2)c(Cl)c1. The number of benzene rings is 1. The van der Waals surface area contributed by atoms with E-state index in [1.807, 2.05) is 6.07 Å². The highest BCUT2D eigenvalue weighted by atomic mass is 35.5. The average molecular weight is 346 g/mol. The Morgan fingerprint density at radius 2 is 1.86 bits per heavy atom. The number of hydrogen-bond donors (Lipinski definition) is 0. The number of nitrogens with zero attached hydrogens (tertiary/aromatic N) is 1. The highest BCUT2D eigenvalue weighted by Gasteiger charge is 2.30. The molecule has 2 fully saturated rings. The molecule has 4 nitrogen and oxygen atoms in total. The highest BCUT2D eigenvalue weighted by Crippen LogP contribution is 2.28. The van der Waals surface area contributed by atoms with Gasteiger partial charge >= 0.3 is 0 Å². The van der Waals surface area contributed by atoms with Crippen molar-refractivity contribution in [2.45, 2.75) is 19.1 Å². The molecule has 0 aliphatic carbocycles. The van der Waals surface area contributed by atoms with E-state index in [0.717, 1.165) is 45.7 Å². The molecule has 0 amide bonds. The van der Waals surface area contributed by atoms with E-state index in [9.17, 15) is 0 Å². The Kier molecular flexibility index (Phi) is 5.83. The van der Waals surface area contributed by atoms with E-state index in [0.29, 0.717) is 28.3 Å². The van der Waals surface area contributed by atoms with Crippen LogP contribution in [-0.4, -0.2) is 50.6 Å². The predicted octanol–water partition coefficient (Wildman–Crippen LogP) is 3.46. The molecule has 2 heterocycles. The third-order valence-electron chi connectivity index (χ3n) is 4.22. The van der Waals surface area contributed by atoms with Crippen LogP contribution in [0.4, 0.5) is 0 Å². The summed E-state index contributed by atoms with van der Waals surface area (Å²) >= 11 is 12.0. The van der Waals surface area contributed by atoms with Crippen molar-refractivity contribution in [3.8, 4) is 5.75 Å². The number of halogens is 2. The molecule has 0 aromatic heterocycles. The van der Waals surface area contributed by atoms with Gasteiger partial charge in [0.05, 0.1) is 18.2 Å². The third-order valence-corrected chi connectivity index (χ3v) is 4.75. The molecule has 0 radical (unpaired) electrons. The van der Waals surface area contributed by atoms with Crippen molar-refractivity contribution >= 4 is 23.2 Å². The Labute approximate surface area is 141 Å². The summed E-state index contributed by atoms with van der Waals surface area (Å²) < 4.78 is 16.9. The number of ether oxygens (including phenoxy) is 3. The van der Waals surface area contributed by atoms with Crippen molar-refractivity contribution in [1.82, 2.24) is 4.90 Å². The lowest BCUT2D eigenvalue weighted by Gasteiger charge is -2.33. The molecule has 0 bridgehead atoms. The minimum absolute atomic E-state index is 0.0197. The predicted molar refractivity (Wildman–Crippen MR) is 86.8 cm³/mol. The lowest BCUT2D eigenvalue weighted by molar-refractivity contribution is -0.0976. The minimum atomic E-state index is 0.0197. The first-order valence-electron chi connectivity index (χ1n) is 7.76. The van der Waals surface area contributed by atoms with Gasteiger partial charge in [-0.15, -0.1) is 0 Å². The van der Waals surface area contributed by atoms with Gasteiger partial charge in [0.15, 0.2) is 6.29 Å². The summed E-state index contributed by atoms with van der Waals surface area (Å²) in [7, 11) is 0. The van der Waals surface area contributed by atoms with E-state index in [-0.39, 0.29) is 6.29 Å². The number of rotatable bonds is 5. The summed E-state index contributed by atoms with van der Waals surface area (Å²) in [4.78, 5) is 2.41. The summed E-state index contributed by atoms with van der Waals surface area (Å²) in [5, 5.41) is 1.18. The molecule has 0 unspecified atom stereocenters. The number of likely N-dealkylation sites (tertiary alicyclic amines) is 1. The zero-order valence-corrected chi connectivity index (χ0v) is 14.0. The van der Waals surface area contributed by atoms with Crippen LogP contribution in [0.25, 0.3) is 0 Å². The molecule has 0 saturated carbocycles. The number of piperidine rings is 1. The van der Waals surface area contributed by atoms with Crippen LogP contribution in [0, 0.1) is 5.92 Å². The molecule has 3 rings (SSSR count). The lowest BCUT2D eigenvalue weighted by Crippen LogP contribution is -2.39. The van der Waals surface area contributed by atoms with Gasteiger partial charge in [0.25, 0.3) is 0 Å². The third kappa shape index (κ3) is 4.27. The molecule has 2 aliphatic heterocycles. The fourth-order valence-electron chi connectivity index (χ4n) is 2.97. The van der Waals surface area contributed by atoms with E-state index in [1.54, 1.807) is 12.1 Å². The quantitative estimate of drug-likeness (QED) is 0.817.